The Balaban J connectivity index is 2.75. The second-order valence-corrected chi connectivity index (χ2v) is 8.46. The molecule has 2 N–H and O–H groups in total. The van der Waals surface area contributed by atoms with Gasteiger partial charge >= 0.3 is 0 Å². The molecular weight excluding hydrogens is 206 g/mol. The largest absolute Gasteiger partial charge is 0.325 e. The van der Waals surface area contributed by atoms with Crippen LogP contribution >= 0.6 is 0 Å². The van der Waals surface area contributed by atoms with Crippen LogP contribution in [0.3, 0.4) is 0 Å². The van der Waals surface area contributed by atoms with Gasteiger partial charge in [0.1, 0.15) is 0 Å². The van der Waals surface area contributed by atoms with Gasteiger partial charge in [-0.1, -0.05) is 54.4 Å². The monoisotopic (exact) mass is 239 g/mol. The molecule has 0 aromatic rings. The molecule has 1 nitrogen and oxygen atoms in total. The van der Waals surface area contributed by atoms with Crippen LogP contribution in [0, 0.1) is 16.7 Å². The number of hydrogen-bond acceptors (Lipinski definition) is 1. The maximum Gasteiger partial charge on any atom is 0.0188 e. The van der Waals surface area contributed by atoms with Crippen molar-refractivity contribution in [3.63, 3.8) is 0 Å². The zero-order valence-electron chi connectivity index (χ0n) is 12.9. The minimum Gasteiger partial charge on any atom is -0.325 e. The third-order valence-corrected chi connectivity index (χ3v) is 4.46. The van der Waals surface area contributed by atoms with Gasteiger partial charge in [0.05, 0.1) is 0 Å². The fraction of sp³-hybridized carbons (Fsp3) is 1.00. The Bertz CT molecular complexity index is 243. The summed E-state index contributed by atoms with van der Waals surface area (Å²) in [4.78, 5) is 0. The Kier molecular flexibility index (Phi) is 4.34. The van der Waals surface area contributed by atoms with Crippen LogP contribution in [0.15, 0.2) is 0 Å². The van der Waals surface area contributed by atoms with Crippen molar-refractivity contribution in [1.29, 1.82) is 0 Å². The van der Waals surface area contributed by atoms with Crippen molar-refractivity contribution in [3.8, 4) is 0 Å². The van der Waals surface area contributed by atoms with Crippen LogP contribution in [-0.4, -0.2) is 5.54 Å². The highest BCUT2D eigenvalue weighted by atomic mass is 14.8. The molecule has 17 heavy (non-hydrogen) atoms. The molecule has 0 aromatic carbocycles. The fourth-order valence-electron chi connectivity index (χ4n) is 3.47. The molecule has 0 saturated heterocycles. The van der Waals surface area contributed by atoms with E-state index in [-0.39, 0.29) is 5.54 Å². The van der Waals surface area contributed by atoms with Crippen molar-refractivity contribution in [3.05, 3.63) is 0 Å². The van der Waals surface area contributed by atoms with E-state index in [1.807, 2.05) is 0 Å². The van der Waals surface area contributed by atoms with Crippen molar-refractivity contribution in [1.82, 2.24) is 0 Å². The van der Waals surface area contributed by atoms with E-state index in [9.17, 15) is 0 Å². The molecule has 0 radical (unpaired) electrons. The highest BCUT2D eigenvalue weighted by Crippen LogP contribution is 2.46. The second kappa shape index (κ2) is 4.91. The quantitative estimate of drug-likeness (QED) is 0.739. The summed E-state index contributed by atoms with van der Waals surface area (Å²) in [5, 5.41) is 0. The summed E-state index contributed by atoms with van der Waals surface area (Å²) in [6.07, 6.45) is 7.69. The average Bonchev–Trinajstić information content (AvgIpc) is 2.13. The van der Waals surface area contributed by atoms with Gasteiger partial charge in [0.15, 0.2) is 0 Å². The summed E-state index contributed by atoms with van der Waals surface area (Å²) >= 11 is 0. The summed E-state index contributed by atoms with van der Waals surface area (Å²) in [5.41, 5.74) is 7.65. The van der Waals surface area contributed by atoms with Crippen LogP contribution < -0.4 is 5.73 Å². The number of hydrogen-bond donors (Lipinski definition) is 1. The Morgan fingerprint density at radius 1 is 1.06 bits per heavy atom. The fourth-order valence-corrected chi connectivity index (χ4v) is 3.47. The Hall–Kier alpha value is -0.0400. The van der Waals surface area contributed by atoms with Gasteiger partial charge in [-0.05, 0) is 42.4 Å². The van der Waals surface area contributed by atoms with Crippen LogP contribution in [0.25, 0.3) is 0 Å². The zero-order valence-corrected chi connectivity index (χ0v) is 12.9. The lowest BCUT2D eigenvalue weighted by Gasteiger charge is -2.49. The van der Waals surface area contributed by atoms with Crippen molar-refractivity contribution in [2.24, 2.45) is 22.5 Å². The van der Waals surface area contributed by atoms with Crippen molar-refractivity contribution >= 4 is 0 Å². The minimum atomic E-state index is 0.0871. The predicted molar refractivity (Wildman–Crippen MR) is 77.0 cm³/mol. The molecule has 1 rings (SSSR count). The molecule has 102 valence electrons. The van der Waals surface area contributed by atoms with Crippen molar-refractivity contribution < 1.29 is 0 Å². The molecule has 0 amide bonds. The van der Waals surface area contributed by atoms with E-state index in [0.29, 0.717) is 16.7 Å². The van der Waals surface area contributed by atoms with Gasteiger partial charge in [-0.25, -0.2) is 0 Å². The van der Waals surface area contributed by atoms with E-state index in [1.54, 1.807) is 0 Å². The van der Waals surface area contributed by atoms with Gasteiger partial charge in [-0.15, -0.1) is 0 Å². The standard InChI is InChI=1S/C16H33N/c1-14(2,3)11-12-16(17)10-8-7-9-13(16)15(4,5)6/h13H,7-12,17H2,1-6H3. The Morgan fingerprint density at radius 2 is 1.65 bits per heavy atom. The van der Waals surface area contributed by atoms with E-state index in [1.165, 1.54) is 38.5 Å². The first kappa shape index (κ1) is 15.0. The zero-order chi connectivity index (χ0) is 13.3. The molecule has 0 aliphatic heterocycles. The SMILES string of the molecule is CC(C)(C)CCC1(N)CCCCC1C(C)(C)C. The molecule has 1 saturated carbocycles. The topological polar surface area (TPSA) is 26.0 Å². The molecule has 0 aromatic heterocycles. The van der Waals surface area contributed by atoms with Gasteiger partial charge in [0.25, 0.3) is 0 Å². The average molecular weight is 239 g/mol. The molecule has 0 heterocycles. The molecule has 2 unspecified atom stereocenters. The Morgan fingerprint density at radius 3 is 2.12 bits per heavy atom. The summed E-state index contributed by atoms with van der Waals surface area (Å²) in [6, 6.07) is 0. The first-order valence-corrected chi connectivity index (χ1v) is 7.33. The van der Waals surface area contributed by atoms with E-state index in [0.717, 1.165) is 0 Å². The molecule has 2 atom stereocenters. The third kappa shape index (κ3) is 4.28. The summed E-state index contributed by atoms with van der Waals surface area (Å²) in [6.45, 7) is 14.1. The molecule has 1 heteroatoms. The van der Waals surface area contributed by atoms with Crippen LogP contribution in [0.2, 0.25) is 0 Å². The second-order valence-electron chi connectivity index (χ2n) is 8.46. The number of nitrogens with two attached hydrogens (primary N) is 1. The van der Waals surface area contributed by atoms with Gasteiger partial charge in [-0.3, -0.25) is 0 Å². The van der Waals surface area contributed by atoms with E-state index < -0.39 is 0 Å². The van der Waals surface area contributed by atoms with Crippen molar-refractivity contribution in [2.45, 2.75) is 85.6 Å². The molecule has 1 aliphatic rings. The van der Waals surface area contributed by atoms with Crippen LogP contribution in [0.1, 0.15) is 80.1 Å². The summed E-state index contributed by atoms with van der Waals surface area (Å²) in [5.74, 6) is 0.686. The van der Waals surface area contributed by atoms with Gasteiger partial charge < -0.3 is 5.73 Å². The highest BCUT2D eigenvalue weighted by Gasteiger charge is 2.43. The van der Waals surface area contributed by atoms with E-state index in [2.05, 4.69) is 41.5 Å². The highest BCUT2D eigenvalue weighted by molar-refractivity contribution is 4.99. The number of rotatable bonds is 2. The molecule has 1 fully saturated rings. The van der Waals surface area contributed by atoms with E-state index in [4.69, 9.17) is 5.73 Å². The van der Waals surface area contributed by atoms with Gasteiger partial charge in [-0.2, -0.15) is 0 Å². The smallest absolute Gasteiger partial charge is 0.0188 e. The molecule has 0 bridgehead atoms. The summed E-state index contributed by atoms with van der Waals surface area (Å²) < 4.78 is 0. The lowest BCUT2D eigenvalue weighted by molar-refractivity contribution is 0.0643. The van der Waals surface area contributed by atoms with Crippen LogP contribution in [0.5, 0.6) is 0 Å². The maximum absolute atomic E-state index is 6.80. The summed E-state index contributed by atoms with van der Waals surface area (Å²) in [7, 11) is 0. The van der Waals surface area contributed by atoms with Gasteiger partial charge in [0.2, 0.25) is 0 Å². The third-order valence-electron chi connectivity index (χ3n) is 4.46. The maximum atomic E-state index is 6.80. The molecule has 0 spiro atoms. The van der Waals surface area contributed by atoms with Crippen LogP contribution in [0.4, 0.5) is 0 Å². The first-order valence-electron chi connectivity index (χ1n) is 7.33. The minimum absolute atomic E-state index is 0.0871. The Labute approximate surface area is 109 Å². The molecule has 1 aliphatic carbocycles. The van der Waals surface area contributed by atoms with Crippen molar-refractivity contribution in [2.75, 3.05) is 0 Å². The van der Waals surface area contributed by atoms with Gasteiger partial charge in [0, 0.05) is 5.54 Å². The van der Waals surface area contributed by atoms with E-state index >= 15 is 0 Å². The molecular formula is C16H33N. The van der Waals surface area contributed by atoms with Crippen LogP contribution in [-0.2, 0) is 0 Å². The predicted octanol–water partition coefficient (Wildman–Crippen LogP) is 4.75. The first-order chi connectivity index (χ1) is 7.55. The normalized spacial score (nSPS) is 31.6. The lowest BCUT2D eigenvalue weighted by Crippen LogP contribution is -2.54. The lowest BCUT2D eigenvalue weighted by atomic mass is 9.60.